The summed E-state index contributed by atoms with van der Waals surface area (Å²) >= 11 is 12.7. The summed E-state index contributed by atoms with van der Waals surface area (Å²) in [5, 5.41) is 1.21. The highest BCUT2D eigenvalue weighted by Crippen LogP contribution is 2.47. The van der Waals surface area contributed by atoms with E-state index in [1.165, 1.54) is 0 Å². The second kappa shape index (κ2) is 12.0. The first-order valence-corrected chi connectivity index (χ1v) is 13.1. The fourth-order valence-electron chi connectivity index (χ4n) is 5.32. The quantitative estimate of drug-likeness (QED) is 0.278. The van der Waals surface area contributed by atoms with Crippen LogP contribution in [0.2, 0.25) is 10.0 Å². The fraction of sp³-hybridized carbons (Fsp3) is 0.333. The Morgan fingerprint density at radius 2 is 1.89 bits per heavy atom. The Bertz CT molecular complexity index is 1250. The van der Waals surface area contributed by atoms with Crippen molar-refractivity contribution in [2.45, 2.75) is 38.3 Å². The summed E-state index contributed by atoms with van der Waals surface area (Å²) in [5.74, 6) is 1.28. The molecule has 1 aliphatic rings. The zero-order chi connectivity index (χ0) is 26.5. The molecule has 4 atom stereocenters. The van der Waals surface area contributed by atoms with Crippen LogP contribution < -0.4 is 9.47 Å². The predicted molar refractivity (Wildman–Crippen MR) is 148 cm³/mol. The van der Waals surface area contributed by atoms with Gasteiger partial charge in [-0.1, -0.05) is 48.3 Å². The number of pyridine rings is 1. The van der Waals surface area contributed by atoms with Crippen LogP contribution in [0.5, 0.6) is 11.5 Å². The lowest BCUT2D eigenvalue weighted by Crippen LogP contribution is -2.39. The molecule has 1 aromatic heterocycles. The van der Waals surface area contributed by atoms with E-state index in [0.29, 0.717) is 28.1 Å². The predicted octanol–water partition coefficient (Wildman–Crippen LogP) is 7.49. The normalized spacial score (nSPS) is 21.9. The van der Waals surface area contributed by atoms with Crippen molar-refractivity contribution < 1.29 is 14.3 Å². The highest BCUT2D eigenvalue weighted by molar-refractivity contribution is 6.30. The number of amides is 1. The largest absolute Gasteiger partial charge is 0.497 e. The number of rotatable bonds is 8. The molecule has 0 saturated carbocycles. The summed E-state index contributed by atoms with van der Waals surface area (Å²) in [6.45, 7) is 6.33. The van der Waals surface area contributed by atoms with E-state index >= 15 is 0 Å². The summed E-state index contributed by atoms with van der Waals surface area (Å²) < 4.78 is 11.1. The molecular formula is C30H32Cl2N2O3. The summed E-state index contributed by atoms with van der Waals surface area (Å²) in [5.41, 5.74) is 2.73. The first-order valence-electron chi connectivity index (χ1n) is 12.4. The topological polar surface area (TPSA) is 51.7 Å². The van der Waals surface area contributed by atoms with Crippen molar-refractivity contribution in [3.8, 4) is 11.5 Å². The molecule has 4 rings (SSSR count). The second-order valence-corrected chi connectivity index (χ2v) is 10.3. The van der Waals surface area contributed by atoms with E-state index in [-0.39, 0.29) is 29.7 Å². The Kier molecular flexibility index (Phi) is 8.78. The SMILES string of the molecule is C=CC[C@H]1C[C@H](c2cccc(Cl)c2)[C@@H](c2ccc(Cl)cn2)N(Cc2ccc(OC)cc2OC)C(=O)[C@H]1C. The number of halogens is 2. The van der Waals surface area contributed by atoms with Gasteiger partial charge in [-0.3, -0.25) is 9.78 Å². The van der Waals surface area contributed by atoms with Crippen molar-refractivity contribution in [1.82, 2.24) is 9.88 Å². The molecule has 37 heavy (non-hydrogen) atoms. The van der Waals surface area contributed by atoms with Gasteiger partial charge in [-0.05, 0) is 60.7 Å². The van der Waals surface area contributed by atoms with Gasteiger partial charge in [0.25, 0.3) is 0 Å². The van der Waals surface area contributed by atoms with Crippen LogP contribution in [-0.2, 0) is 11.3 Å². The van der Waals surface area contributed by atoms with Crippen molar-refractivity contribution in [2.75, 3.05) is 14.2 Å². The van der Waals surface area contributed by atoms with E-state index < -0.39 is 0 Å². The summed E-state index contributed by atoms with van der Waals surface area (Å²) in [6.07, 6.45) is 5.06. The third kappa shape index (κ3) is 5.94. The number of hydrogen-bond acceptors (Lipinski definition) is 4. The standard InChI is InChI=1S/C30H32Cl2N2O3/c1-5-7-20-15-26(21-8-6-9-23(31)14-21)29(27-13-11-24(32)17-33-27)34(30(35)19(20)2)18-22-10-12-25(36-3)16-28(22)37-4/h5-6,8-14,16-17,19-20,26,29H,1,7,15,18H2,2-4H3/t19-,20-,26+,29-/m0/s1. The van der Waals surface area contributed by atoms with E-state index in [2.05, 4.69) is 12.6 Å². The minimum absolute atomic E-state index is 0.0459. The first kappa shape index (κ1) is 27.0. The number of ether oxygens (including phenoxy) is 2. The average molecular weight is 540 g/mol. The molecule has 1 aliphatic heterocycles. The second-order valence-electron chi connectivity index (χ2n) is 9.46. The van der Waals surface area contributed by atoms with Gasteiger partial charge < -0.3 is 14.4 Å². The highest BCUT2D eigenvalue weighted by atomic mass is 35.5. The van der Waals surface area contributed by atoms with E-state index in [9.17, 15) is 4.79 Å². The Morgan fingerprint density at radius 1 is 1.08 bits per heavy atom. The van der Waals surface area contributed by atoms with Crippen molar-refractivity contribution in [3.05, 3.63) is 100 Å². The van der Waals surface area contributed by atoms with Crippen LogP contribution in [0.1, 0.15) is 48.5 Å². The molecule has 2 aromatic carbocycles. The fourth-order valence-corrected chi connectivity index (χ4v) is 5.63. The molecular weight excluding hydrogens is 507 g/mol. The monoisotopic (exact) mass is 538 g/mol. The number of carbonyl (C=O) groups is 1. The van der Waals surface area contributed by atoms with E-state index in [0.717, 1.165) is 29.7 Å². The van der Waals surface area contributed by atoms with Crippen LogP contribution in [0, 0.1) is 11.8 Å². The number of hydrogen-bond donors (Lipinski definition) is 0. The third-order valence-electron chi connectivity index (χ3n) is 7.29. The van der Waals surface area contributed by atoms with Crippen LogP contribution in [0.3, 0.4) is 0 Å². The van der Waals surface area contributed by atoms with Gasteiger partial charge in [0.15, 0.2) is 0 Å². The van der Waals surface area contributed by atoms with Crippen LogP contribution >= 0.6 is 23.2 Å². The molecule has 0 spiro atoms. The molecule has 0 radical (unpaired) electrons. The van der Waals surface area contributed by atoms with Gasteiger partial charge in [0.05, 0.1) is 37.5 Å². The first-order chi connectivity index (χ1) is 17.9. The molecule has 0 bridgehead atoms. The molecule has 0 aliphatic carbocycles. The molecule has 1 saturated heterocycles. The Hall–Kier alpha value is -3.02. The van der Waals surface area contributed by atoms with Gasteiger partial charge in [0.2, 0.25) is 5.91 Å². The van der Waals surface area contributed by atoms with Gasteiger partial charge in [-0.25, -0.2) is 0 Å². The number of benzene rings is 2. The molecule has 5 nitrogen and oxygen atoms in total. The van der Waals surface area contributed by atoms with Crippen LogP contribution in [0.15, 0.2) is 73.4 Å². The van der Waals surface area contributed by atoms with Crippen LogP contribution in [0.25, 0.3) is 0 Å². The third-order valence-corrected chi connectivity index (χ3v) is 7.75. The number of aromatic nitrogens is 1. The molecule has 194 valence electrons. The zero-order valence-electron chi connectivity index (χ0n) is 21.4. The van der Waals surface area contributed by atoms with Crippen LogP contribution in [-0.4, -0.2) is 30.0 Å². The van der Waals surface area contributed by atoms with E-state index in [4.69, 9.17) is 37.7 Å². The number of nitrogens with zero attached hydrogens (tertiary/aromatic N) is 2. The van der Waals surface area contributed by atoms with Gasteiger partial charge >= 0.3 is 0 Å². The van der Waals surface area contributed by atoms with E-state index in [1.54, 1.807) is 20.4 Å². The molecule has 1 amide bonds. The van der Waals surface area contributed by atoms with Crippen LogP contribution in [0.4, 0.5) is 0 Å². The Morgan fingerprint density at radius 3 is 2.54 bits per heavy atom. The van der Waals surface area contributed by atoms with Crippen molar-refractivity contribution in [2.24, 2.45) is 11.8 Å². The van der Waals surface area contributed by atoms with Gasteiger partial charge in [0, 0.05) is 34.7 Å². The van der Waals surface area contributed by atoms with Gasteiger partial charge in [-0.2, -0.15) is 0 Å². The minimum atomic E-state index is -0.340. The summed E-state index contributed by atoms with van der Waals surface area (Å²) in [4.78, 5) is 20.8. The Labute approximate surface area is 229 Å². The van der Waals surface area contributed by atoms with Gasteiger partial charge in [0.1, 0.15) is 11.5 Å². The maximum atomic E-state index is 14.2. The lowest BCUT2D eigenvalue weighted by Gasteiger charge is -2.36. The van der Waals surface area contributed by atoms with Crippen molar-refractivity contribution in [1.29, 1.82) is 0 Å². The maximum Gasteiger partial charge on any atom is 0.226 e. The molecule has 3 aromatic rings. The summed E-state index contributed by atoms with van der Waals surface area (Å²) in [7, 11) is 3.24. The molecule has 7 heteroatoms. The number of methoxy groups -OCH3 is 2. The molecule has 0 unspecified atom stereocenters. The lowest BCUT2D eigenvalue weighted by molar-refractivity contribution is -0.138. The maximum absolute atomic E-state index is 14.2. The number of likely N-dealkylation sites (tertiary alicyclic amines) is 1. The van der Waals surface area contributed by atoms with E-state index in [1.807, 2.05) is 66.4 Å². The molecule has 0 N–H and O–H groups in total. The Balaban J connectivity index is 1.90. The molecule has 1 fully saturated rings. The highest BCUT2D eigenvalue weighted by Gasteiger charge is 2.43. The van der Waals surface area contributed by atoms with Crippen molar-refractivity contribution >= 4 is 29.1 Å². The summed E-state index contributed by atoms with van der Waals surface area (Å²) in [6, 6.07) is 17.0. The molecule has 2 heterocycles. The number of carbonyl (C=O) groups excluding carboxylic acids is 1. The number of allylic oxidation sites excluding steroid dienone is 1. The smallest absolute Gasteiger partial charge is 0.226 e. The van der Waals surface area contributed by atoms with Crippen molar-refractivity contribution in [3.63, 3.8) is 0 Å². The zero-order valence-corrected chi connectivity index (χ0v) is 22.9. The lowest BCUT2D eigenvalue weighted by atomic mass is 9.79. The average Bonchev–Trinajstić information content (AvgIpc) is 3.00. The van der Waals surface area contributed by atoms with Gasteiger partial charge in [-0.15, -0.1) is 6.58 Å². The minimum Gasteiger partial charge on any atom is -0.497 e.